The Balaban J connectivity index is 1.93. The van der Waals surface area contributed by atoms with E-state index >= 15 is 0 Å². The highest BCUT2D eigenvalue weighted by Crippen LogP contribution is 2.30. The molecule has 0 spiro atoms. The quantitative estimate of drug-likeness (QED) is 0.427. The molecule has 0 bridgehead atoms. The van der Waals surface area contributed by atoms with Gasteiger partial charge in [-0.15, -0.1) is 0 Å². The first-order valence-corrected chi connectivity index (χ1v) is 14.9. The maximum absolute atomic E-state index is 13.7. The lowest BCUT2D eigenvalue weighted by atomic mass is 9.95. The monoisotopic (exact) mass is 571 g/mol. The van der Waals surface area contributed by atoms with Gasteiger partial charge in [-0.1, -0.05) is 61.5 Å². The average Bonchev–Trinajstić information content (AvgIpc) is 2.84. The fraction of sp³-hybridized carbons (Fsp3) is 0.462. The molecule has 0 saturated heterocycles. The molecule has 1 fully saturated rings. The van der Waals surface area contributed by atoms with Crippen LogP contribution in [0, 0.1) is 5.82 Å². The first kappa shape index (κ1) is 29.2. The molecule has 11 heteroatoms. The van der Waals surface area contributed by atoms with Crippen LogP contribution in [0.15, 0.2) is 42.5 Å². The number of hydrogen-bond donors (Lipinski definition) is 1. The molecule has 0 unspecified atom stereocenters. The van der Waals surface area contributed by atoms with Crippen molar-refractivity contribution in [2.75, 3.05) is 17.1 Å². The molecule has 0 aliphatic heterocycles. The molecule has 7 nitrogen and oxygen atoms in total. The van der Waals surface area contributed by atoms with Crippen molar-refractivity contribution in [3.63, 3.8) is 0 Å². The standard InChI is InChI=1S/C26H32Cl2FN3O4S/c1-3-23(26(34)30-21-7-5-4-6-8-21)31(16-18-9-12-20(29)13-10-18)25(33)17-32(37(2,35)36)24-14-11-19(27)15-22(24)28/h9-15,21,23H,3-8,16-17H2,1-2H3,(H,30,34)/t23-/m0/s1. The lowest BCUT2D eigenvalue weighted by molar-refractivity contribution is -0.140. The van der Waals surface area contributed by atoms with E-state index in [1.165, 1.54) is 47.4 Å². The van der Waals surface area contributed by atoms with Gasteiger partial charge in [-0.3, -0.25) is 13.9 Å². The Kier molecular flexibility index (Phi) is 10.2. The molecule has 0 heterocycles. The summed E-state index contributed by atoms with van der Waals surface area (Å²) in [5, 5.41) is 3.45. The third-order valence-electron chi connectivity index (χ3n) is 6.46. The van der Waals surface area contributed by atoms with Gasteiger partial charge in [0.1, 0.15) is 18.4 Å². The number of nitrogens with one attached hydrogen (secondary N) is 1. The molecule has 202 valence electrons. The van der Waals surface area contributed by atoms with Crippen LogP contribution in [0.25, 0.3) is 0 Å². The second-order valence-corrected chi connectivity index (χ2v) is 12.0. The maximum atomic E-state index is 13.7. The average molecular weight is 573 g/mol. The Morgan fingerprint density at radius 3 is 2.30 bits per heavy atom. The van der Waals surface area contributed by atoms with Gasteiger partial charge in [0.05, 0.1) is 17.0 Å². The number of nitrogens with zero attached hydrogens (tertiary/aromatic N) is 2. The van der Waals surface area contributed by atoms with Gasteiger partial charge < -0.3 is 10.2 Å². The Labute approximate surface area is 228 Å². The minimum Gasteiger partial charge on any atom is -0.352 e. The molecule has 0 radical (unpaired) electrons. The van der Waals surface area contributed by atoms with Crippen LogP contribution < -0.4 is 9.62 Å². The number of carbonyl (C=O) groups excluding carboxylic acids is 2. The topological polar surface area (TPSA) is 86.8 Å². The predicted molar refractivity (Wildman–Crippen MR) is 145 cm³/mol. The summed E-state index contributed by atoms with van der Waals surface area (Å²) in [6.45, 7) is 1.22. The molecule has 1 aliphatic carbocycles. The van der Waals surface area contributed by atoms with Gasteiger partial charge in [0.25, 0.3) is 0 Å². The molecular weight excluding hydrogens is 540 g/mol. The third kappa shape index (κ3) is 8.06. The molecule has 2 aromatic carbocycles. The van der Waals surface area contributed by atoms with E-state index in [4.69, 9.17) is 23.2 Å². The number of carbonyl (C=O) groups is 2. The molecule has 1 aliphatic rings. The van der Waals surface area contributed by atoms with Crippen molar-refractivity contribution in [1.29, 1.82) is 0 Å². The number of sulfonamides is 1. The fourth-order valence-corrected chi connectivity index (χ4v) is 5.95. The normalized spacial score (nSPS) is 15.2. The molecule has 0 aromatic heterocycles. The van der Waals surface area contributed by atoms with Crippen molar-refractivity contribution in [2.24, 2.45) is 0 Å². The molecule has 2 aromatic rings. The largest absolute Gasteiger partial charge is 0.352 e. The van der Waals surface area contributed by atoms with Gasteiger partial charge in [0.15, 0.2) is 0 Å². The highest BCUT2D eigenvalue weighted by molar-refractivity contribution is 7.92. The van der Waals surface area contributed by atoms with Crippen molar-refractivity contribution in [3.05, 3.63) is 63.9 Å². The van der Waals surface area contributed by atoms with Crippen LogP contribution in [-0.4, -0.2) is 50.0 Å². The molecule has 1 N–H and O–H groups in total. The second kappa shape index (κ2) is 12.9. The van der Waals surface area contributed by atoms with E-state index in [1.54, 1.807) is 6.92 Å². The lowest BCUT2D eigenvalue weighted by Crippen LogP contribution is -2.54. The minimum absolute atomic E-state index is 0.00165. The molecular formula is C26H32Cl2FN3O4S. The second-order valence-electron chi connectivity index (χ2n) is 9.28. The Bertz CT molecular complexity index is 1200. The van der Waals surface area contributed by atoms with Gasteiger partial charge in [-0.2, -0.15) is 0 Å². The van der Waals surface area contributed by atoms with Crippen molar-refractivity contribution in [2.45, 2.75) is 64.1 Å². The maximum Gasteiger partial charge on any atom is 0.244 e. The SMILES string of the molecule is CC[C@@H](C(=O)NC1CCCCC1)N(Cc1ccc(F)cc1)C(=O)CN(c1ccc(Cl)cc1Cl)S(C)(=O)=O. The first-order valence-electron chi connectivity index (χ1n) is 12.3. The highest BCUT2D eigenvalue weighted by atomic mass is 35.5. The minimum atomic E-state index is -3.93. The smallest absolute Gasteiger partial charge is 0.244 e. The number of rotatable bonds is 10. The molecule has 37 heavy (non-hydrogen) atoms. The van der Waals surface area contributed by atoms with Crippen LogP contribution in [0.5, 0.6) is 0 Å². The first-order chi connectivity index (χ1) is 17.5. The zero-order valence-electron chi connectivity index (χ0n) is 20.9. The van der Waals surface area contributed by atoms with E-state index in [0.29, 0.717) is 17.0 Å². The summed E-state index contributed by atoms with van der Waals surface area (Å²) in [4.78, 5) is 28.4. The van der Waals surface area contributed by atoms with Crippen LogP contribution in [-0.2, 0) is 26.2 Å². The van der Waals surface area contributed by atoms with Gasteiger partial charge in [0, 0.05) is 17.6 Å². The fourth-order valence-electron chi connectivity index (χ4n) is 4.53. The number of hydrogen-bond acceptors (Lipinski definition) is 4. The van der Waals surface area contributed by atoms with Gasteiger partial charge in [-0.25, -0.2) is 12.8 Å². The Morgan fingerprint density at radius 2 is 1.73 bits per heavy atom. The summed E-state index contributed by atoms with van der Waals surface area (Å²) in [6.07, 6.45) is 6.24. The zero-order chi connectivity index (χ0) is 27.2. The Hall–Kier alpha value is -2.36. The van der Waals surface area contributed by atoms with Crippen molar-refractivity contribution in [1.82, 2.24) is 10.2 Å². The van der Waals surface area contributed by atoms with Crippen molar-refractivity contribution in [3.8, 4) is 0 Å². The predicted octanol–water partition coefficient (Wildman–Crippen LogP) is 5.15. The molecule has 1 atom stereocenters. The van der Waals surface area contributed by atoms with E-state index in [-0.39, 0.29) is 29.2 Å². The summed E-state index contributed by atoms with van der Waals surface area (Å²) in [6, 6.07) is 9.11. The van der Waals surface area contributed by atoms with E-state index in [9.17, 15) is 22.4 Å². The number of amides is 2. The Morgan fingerprint density at radius 1 is 1.08 bits per heavy atom. The third-order valence-corrected chi connectivity index (χ3v) is 8.13. The van der Waals surface area contributed by atoms with Crippen LogP contribution in [0.3, 0.4) is 0 Å². The van der Waals surface area contributed by atoms with Crippen LogP contribution in [0.1, 0.15) is 51.0 Å². The van der Waals surface area contributed by atoms with E-state index in [2.05, 4.69) is 5.32 Å². The van der Waals surface area contributed by atoms with Gasteiger partial charge in [0.2, 0.25) is 21.8 Å². The molecule has 2 amide bonds. The van der Waals surface area contributed by atoms with Gasteiger partial charge in [-0.05, 0) is 55.2 Å². The summed E-state index contributed by atoms with van der Waals surface area (Å²) in [5.41, 5.74) is 0.706. The summed E-state index contributed by atoms with van der Waals surface area (Å²) < 4.78 is 39.8. The van der Waals surface area contributed by atoms with Crippen molar-refractivity contribution >= 4 is 50.7 Å². The van der Waals surface area contributed by atoms with E-state index in [0.717, 1.165) is 42.7 Å². The number of benzene rings is 2. The van der Waals surface area contributed by atoms with Crippen LogP contribution in [0.4, 0.5) is 10.1 Å². The van der Waals surface area contributed by atoms with E-state index in [1.807, 2.05) is 0 Å². The molecule has 1 saturated carbocycles. The lowest BCUT2D eigenvalue weighted by Gasteiger charge is -2.34. The summed E-state index contributed by atoms with van der Waals surface area (Å²) >= 11 is 12.2. The van der Waals surface area contributed by atoms with E-state index < -0.39 is 34.3 Å². The zero-order valence-corrected chi connectivity index (χ0v) is 23.3. The van der Waals surface area contributed by atoms with Crippen LogP contribution in [0.2, 0.25) is 10.0 Å². The van der Waals surface area contributed by atoms with Gasteiger partial charge >= 0.3 is 0 Å². The van der Waals surface area contributed by atoms with Crippen LogP contribution >= 0.6 is 23.2 Å². The van der Waals surface area contributed by atoms with Crippen molar-refractivity contribution < 1.29 is 22.4 Å². The number of anilines is 1. The summed E-state index contributed by atoms with van der Waals surface area (Å²) in [5.74, 6) is -1.31. The highest BCUT2D eigenvalue weighted by Gasteiger charge is 2.33. The molecule has 3 rings (SSSR count). The summed E-state index contributed by atoms with van der Waals surface area (Å²) in [7, 11) is -3.93. The number of halogens is 3.